The van der Waals surface area contributed by atoms with E-state index in [1.807, 2.05) is 7.05 Å². The number of Topliss-reactive ketones (excluding diaryl/α,β-unsaturated/α-hetero) is 1. The Bertz CT molecular complexity index is 1290. The molecule has 0 saturated carbocycles. The quantitative estimate of drug-likeness (QED) is 0.258. The van der Waals surface area contributed by atoms with E-state index < -0.39 is 17.3 Å². The van der Waals surface area contributed by atoms with Gasteiger partial charge < -0.3 is 20.1 Å². The largest absolute Gasteiger partial charge is 0.494 e. The molecular weight excluding hydrogens is 503 g/mol. The molecule has 0 bridgehead atoms. The molecule has 1 aliphatic heterocycles. The number of hydrogen-bond acceptors (Lipinski definition) is 9. The van der Waals surface area contributed by atoms with Crippen molar-refractivity contribution in [1.29, 1.82) is 0 Å². The first kappa shape index (κ1) is 26.5. The Morgan fingerprint density at radius 1 is 1.28 bits per heavy atom. The molecule has 0 radical (unpaired) electrons. The number of rotatable bonds is 8. The summed E-state index contributed by atoms with van der Waals surface area (Å²) in [6.07, 6.45) is 1.65. The van der Waals surface area contributed by atoms with E-state index >= 15 is 0 Å². The van der Waals surface area contributed by atoms with Gasteiger partial charge in [0.25, 0.3) is 5.91 Å². The van der Waals surface area contributed by atoms with Crippen LogP contribution in [0.15, 0.2) is 29.3 Å². The summed E-state index contributed by atoms with van der Waals surface area (Å²) >= 11 is 2.19. The molecule has 192 valence electrons. The summed E-state index contributed by atoms with van der Waals surface area (Å²) in [5, 5.41) is 14.5. The van der Waals surface area contributed by atoms with Crippen molar-refractivity contribution in [1.82, 2.24) is 20.2 Å². The molecule has 1 aromatic carbocycles. The highest BCUT2D eigenvalue weighted by atomic mass is 32.2. The van der Waals surface area contributed by atoms with Crippen molar-refractivity contribution >= 4 is 45.7 Å². The van der Waals surface area contributed by atoms with Gasteiger partial charge in [-0.05, 0) is 71.1 Å². The van der Waals surface area contributed by atoms with Crippen LogP contribution in [-0.4, -0.2) is 70.7 Å². The van der Waals surface area contributed by atoms with Crippen molar-refractivity contribution in [3.05, 3.63) is 45.7 Å². The number of ether oxygens (including phenoxy) is 1. The highest BCUT2D eigenvalue weighted by Gasteiger charge is 2.36. The third-order valence-corrected chi connectivity index (χ3v) is 8.57. The predicted octanol–water partition coefficient (Wildman–Crippen LogP) is 3.54. The van der Waals surface area contributed by atoms with E-state index in [4.69, 9.17) is 4.74 Å². The van der Waals surface area contributed by atoms with E-state index in [0.717, 1.165) is 49.0 Å². The number of aryl methyl sites for hydroxylation is 1. The summed E-state index contributed by atoms with van der Waals surface area (Å²) in [5.74, 6) is -0.712. The number of thioether (sulfide) groups is 1. The number of amides is 1. The molecule has 0 spiro atoms. The number of aliphatic hydroxyl groups is 1. The van der Waals surface area contributed by atoms with E-state index in [1.165, 1.54) is 20.1 Å². The van der Waals surface area contributed by atoms with E-state index in [0.29, 0.717) is 26.1 Å². The van der Waals surface area contributed by atoms with E-state index in [9.17, 15) is 19.1 Å². The molecule has 1 aliphatic rings. The Balaban J connectivity index is 1.46. The van der Waals surface area contributed by atoms with Crippen LogP contribution in [0, 0.1) is 12.7 Å². The third-order valence-electron chi connectivity index (χ3n) is 6.26. The third kappa shape index (κ3) is 5.54. The SMILES string of the molecule is COc1ccc2nc(C)nc(SCC(=O)c3ccc([C@@](C)(O)C(=O)NC4CCN(C)CC4)s3)c2c1F. The van der Waals surface area contributed by atoms with Gasteiger partial charge in [-0.25, -0.2) is 14.4 Å². The molecule has 11 heteroatoms. The molecule has 2 aromatic heterocycles. The number of nitrogens with one attached hydrogen (secondary N) is 1. The molecule has 0 aliphatic carbocycles. The van der Waals surface area contributed by atoms with Gasteiger partial charge in [0.05, 0.1) is 28.6 Å². The molecule has 3 heterocycles. The van der Waals surface area contributed by atoms with Crippen molar-refractivity contribution < 1.29 is 23.8 Å². The molecule has 1 saturated heterocycles. The summed E-state index contributed by atoms with van der Waals surface area (Å²) in [6, 6.07) is 6.38. The zero-order chi connectivity index (χ0) is 26.0. The van der Waals surface area contributed by atoms with Gasteiger partial charge in [0.1, 0.15) is 10.9 Å². The number of likely N-dealkylation sites (tertiary alicyclic amines) is 1. The number of ketones is 1. The molecule has 2 N–H and O–H groups in total. The zero-order valence-corrected chi connectivity index (χ0v) is 22.3. The lowest BCUT2D eigenvalue weighted by Crippen LogP contribution is -2.49. The highest BCUT2D eigenvalue weighted by Crippen LogP contribution is 2.34. The van der Waals surface area contributed by atoms with Crippen molar-refractivity contribution in [3.8, 4) is 5.75 Å². The van der Waals surface area contributed by atoms with E-state index in [1.54, 1.807) is 25.1 Å². The summed E-state index contributed by atoms with van der Waals surface area (Å²) < 4.78 is 20.0. The van der Waals surface area contributed by atoms with Crippen LogP contribution >= 0.6 is 23.1 Å². The minimum absolute atomic E-state index is 0.00604. The number of piperidine rings is 1. The second-order valence-corrected chi connectivity index (χ2v) is 11.1. The van der Waals surface area contributed by atoms with E-state index in [2.05, 4.69) is 20.2 Å². The van der Waals surface area contributed by atoms with Gasteiger partial charge in [0.2, 0.25) is 0 Å². The zero-order valence-electron chi connectivity index (χ0n) is 20.6. The van der Waals surface area contributed by atoms with Crippen molar-refractivity contribution in [2.24, 2.45) is 0 Å². The number of halogens is 1. The molecule has 1 amide bonds. The number of aromatic nitrogens is 2. The Morgan fingerprint density at radius 3 is 2.69 bits per heavy atom. The Labute approximate surface area is 217 Å². The molecule has 0 unspecified atom stereocenters. The van der Waals surface area contributed by atoms with Crippen molar-refractivity contribution in [2.75, 3.05) is 33.0 Å². The fraction of sp³-hybridized carbons (Fsp3) is 0.440. The van der Waals surface area contributed by atoms with Crippen LogP contribution in [0.1, 0.15) is 40.1 Å². The number of hydrogen-bond donors (Lipinski definition) is 2. The number of fused-ring (bicyclic) bond motifs is 1. The van der Waals surface area contributed by atoms with Gasteiger partial charge in [0.15, 0.2) is 23.0 Å². The lowest BCUT2D eigenvalue weighted by atomic mass is 10.0. The van der Waals surface area contributed by atoms with Crippen molar-refractivity contribution in [2.45, 2.75) is 43.4 Å². The molecule has 1 atom stereocenters. The maximum Gasteiger partial charge on any atom is 0.257 e. The van der Waals surface area contributed by atoms with Crippen LogP contribution in [0.4, 0.5) is 4.39 Å². The fourth-order valence-corrected chi connectivity index (χ4v) is 6.09. The summed E-state index contributed by atoms with van der Waals surface area (Å²) in [4.78, 5) is 37.4. The smallest absolute Gasteiger partial charge is 0.257 e. The standard InChI is InChI=1S/C25H29FN4O4S2/c1-14-27-16-5-6-18(34-4)22(26)21(16)23(28-14)35-13-17(31)19-7-8-20(36-19)25(2,33)24(32)29-15-9-11-30(3)12-10-15/h5-8,15,33H,9-13H2,1-4H3,(H,29,32)/t25-/m1/s1. The van der Waals surface area contributed by atoms with Gasteiger partial charge in [0, 0.05) is 10.9 Å². The molecule has 4 rings (SSSR count). The first-order chi connectivity index (χ1) is 17.1. The van der Waals surface area contributed by atoms with Gasteiger partial charge in [-0.1, -0.05) is 11.8 Å². The average Bonchev–Trinajstić information content (AvgIpc) is 3.35. The first-order valence-electron chi connectivity index (χ1n) is 11.6. The average molecular weight is 533 g/mol. The van der Waals surface area contributed by atoms with Gasteiger partial charge in [-0.15, -0.1) is 11.3 Å². The van der Waals surface area contributed by atoms with Gasteiger partial charge >= 0.3 is 0 Å². The number of carbonyl (C=O) groups excluding carboxylic acids is 2. The number of nitrogens with zero attached hydrogens (tertiary/aromatic N) is 3. The lowest BCUT2D eigenvalue weighted by Gasteiger charge is -2.31. The Kier molecular flexibility index (Phi) is 7.93. The number of carbonyl (C=O) groups is 2. The fourth-order valence-electron chi connectivity index (χ4n) is 4.05. The second-order valence-electron chi connectivity index (χ2n) is 9.05. The summed E-state index contributed by atoms with van der Waals surface area (Å²) in [6.45, 7) is 4.93. The van der Waals surface area contributed by atoms with Crippen LogP contribution < -0.4 is 10.1 Å². The molecular formula is C25H29FN4O4S2. The molecule has 36 heavy (non-hydrogen) atoms. The molecule has 8 nitrogen and oxygen atoms in total. The topological polar surface area (TPSA) is 105 Å². The van der Waals surface area contributed by atoms with Crippen LogP contribution in [0.2, 0.25) is 0 Å². The van der Waals surface area contributed by atoms with Gasteiger partial charge in [-0.3, -0.25) is 9.59 Å². The van der Waals surface area contributed by atoms with Crippen molar-refractivity contribution in [3.63, 3.8) is 0 Å². The molecule has 1 fully saturated rings. The monoisotopic (exact) mass is 532 g/mol. The maximum absolute atomic E-state index is 14.9. The minimum atomic E-state index is -1.75. The summed E-state index contributed by atoms with van der Waals surface area (Å²) in [7, 11) is 3.42. The number of benzene rings is 1. The number of thiophene rings is 1. The number of methoxy groups -OCH3 is 1. The lowest BCUT2D eigenvalue weighted by molar-refractivity contribution is -0.139. The van der Waals surface area contributed by atoms with Crippen LogP contribution in [0.3, 0.4) is 0 Å². The van der Waals surface area contributed by atoms with Crippen LogP contribution in [-0.2, 0) is 10.4 Å². The first-order valence-corrected chi connectivity index (χ1v) is 13.4. The minimum Gasteiger partial charge on any atom is -0.494 e. The molecule has 3 aromatic rings. The Morgan fingerprint density at radius 2 is 2.00 bits per heavy atom. The van der Waals surface area contributed by atoms with Crippen LogP contribution in [0.5, 0.6) is 5.75 Å². The normalized spacial score (nSPS) is 16.6. The van der Waals surface area contributed by atoms with Gasteiger partial charge in [-0.2, -0.15) is 0 Å². The maximum atomic E-state index is 14.9. The second kappa shape index (κ2) is 10.8. The predicted molar refractivity (Wildman–Crippen MR) is 138 cm³/mol. The summed E-state index contributed by atoms with van der Waals surface area (Å²) in [5.41, 5.74) is -1.32. The Hall–Kier alpha value is -2.60. The highest BCUT2D eigenvalue weighted by molar-refractivity contribution is 8.00. The van der Waals surface area contributed by atoms with Crippen LogP contribution in [0.25, 0.3) is 10.9 Å². The van der Waals surface area contributed by atoms with E-state index in [-0.39, 0.29) is 28.7 Å².